The number of pyridine rings is 2. The molecule has 0 aliphatic rings. The highest BCUT2D eigenvalue weighted by molar-refractivity contribution is 7.90. The average molecular weight is 475 g/mol. The van der Waals surface area contributed by atoms with Crippen LogP contribution in [0.3, 0.4) is 0 Å². The van der Waals surface area contributed by atoms with Crippen LogP contribution in [0.4, 0.5) is 13.2 Å². The molecule has 0 N–H and O–H groups in total. The summed E-state index contributed by atoms with van der Waals surface area (Å²) in [6.07, 6.45) is 3.18. The van der Waals surface area contributed by atoms with Crippen molar-refractivity contribution in [2.45, 2.75) is 19.8 Å². The van der Waals surface area contributed by atoms with Crippen LogP contribution >= 0.6 is 12.3 Å². The number of aromatic nitrogens is 3. The second-order valence-electron chi connectivity index (χ2n) is 7.21. The van der Waals surface area contributed by atoms with E-state index in [1.807, 2.05) is 19.2 Å². The number of halogens is 3. The third-order valence-corrected chi connectivity index (χ3v) is 5.06. The molecular weight excluding hydrogens is 455 g/mol. The molecule has 4 aromatic rings. The maximum absolute atomic E-state index is 13.3. The summed E-state index contributed by atoms with van der Waals surface area (Å²) in [4.78, 5) is 8.92. The molecule has 10 heteroatoms. The second kappa shape index (κ2) is 9.72. The number of imidazole rings is 1. The van der Waals surface area contributed by atoms with Gasteiger partial charge in [0.1, 0.15) is 17.2 Å². The number of benzene rings is 1. The van der Waals surface area contributed by atoms with Crippen molar-refractivity contribution in [3.8, 4) is 34.1 Å². The molecule has 0 bridgehead atoms. The molecule has 0 spiro atoms. The van der Waals surface area contributed by atoms with Gasteiger partial charge in [-0.1, -0.05) is 12.1 Å². The van der Waals surface area contributed by atoms with Crippen LogP contribution in [0, 0.1) is 5.82 Å². The lowest BCUT2D eigenvalue weighted by atomic mass is 10.1. The van der Waals surface area contributed by atoms with Crippen molar-refractivity contribution >= 4 is 18.0 Å². The first kappa shape index (κ1) is 22.9. The Labute approximate surface area is 192 Å². The minimum Gasteiger partial charge on any atom is -0.486 e. The quantitative estimate of drug-likeness (QED) is 0.212. The normalized spacial score (nSPS) is 11.7. The van der Waals surface area contributed by atoms with Crippen LogP contribution in [0.25, 0.3) is 28.2 Å². The molecule has 4 rings (SSSR count). The second-order valence-corrected chi connectivity index (χ2v) is 7.75. The van der Waals surface area contributed by atoms with E-state index < -0.39 is 12.5 Å². The van der Waals surface area contributed by atoms with E-state index in [9.17, 15) is 13.2 Å². The first-order chi connectivity index (χ1) is 15.8. The van der Waals surface area contributed by atoms with Crippen molar-refractivity contribution in [2.75, 3.05) is 13.2 Å². The van der Waals surface area contributed by atoms with Gasteiger partial charge in [-0.05, 0) is 54.4 Å². The number of fused-ring (bicyclic) bond motifs is 1. The summed E-state index contributed by atoms with van der Waals surface area (Å²) in [5.74, 6) is -2.68. The third-order valence-electron chi connectivity index (χ3n) is 4.50. The fourth-order valence-corrected chi connectivity index (χ4v) is 3.37. The molecule has 0 aliphatic carbocycles. The van der Waals surface area contributed by atoms with Crippen LogP contribution in [0.15, 0.2) is 60.9 Å². The Morgan fingerprint density at radius 2 is 1.79 bits per heavy atom. The molecule has 0 fully saturated rings. The summed E-state index contributed by atoms with van der Waals surface area (Å²) >= 11 is 0.806. The van der Waals surface area contributed by atoms with Gasteiger partial charge < -0.3 is 8.92 Å². The maximum Gasteiger partial charge on any atom is 0.278 e. The maximum atomic E-state index is 13.3. The molecule has 0 amide bonds. The number of alkyl halides is 2. The largest absolute Gasteiger partial charge is 0.486 e. The van der Waals surface area contributed by atoms with Crippen molar-refractivity contribution in [2.24, 2.45) is 0 Å². The summed E-state index contributed by atoms with van der Waals surface area (Å²) in [5.41, 5.74) is 3.14. The molecule has 0 atom stereocenters. The molecule has 33 heavy (non-hydrogen) atoms. The van der Waals surface area contributed by atoms with Gasteiger partial charge in [0.25, 0.3) is 5.92 Å². The lowest BCUT2D eigenvalue weighted by Crippen LogP contribution is -2.20. The number of nitrogens with zero attached hydrogens (tertiary/aromatic N) is 3. The topological polar surface area (TPSA) is 57.9 Å². The molecule has 172 valence electrons. The van der Waals surface area contributed by atoms with Gasteiger partial charge in [0.05, 0.1) is 18.5 Å². The van der Waals surface area contributed by atoms with Gasteiger partial charge in [0, 0.05) is 13.1 Å². The van der Waals surface area contributed by atoms with Crippen LogP contribution < -0.4 is 8.92 Å². The van der Waals surface area contributed by atoms with E-state index in [1.54, 1.807) is 34.7 Å². The Hall–Kier alpha value is -3.24. The first-order valence-electron chi connectivity index (χ1n) is 10.1. The molecule has 3 aromatic heterocycles. The summed E-state index contributed by atoms with van der Waals surface area (Å²) in [6.45, 7) is 2.31. The number of rotatable bonds is 9. The van der Waals surface area contributed by atoms with Gasteiger partial charge in [-0.3, -0.25) is 13.6 Å². The average Bonchev–Trinajstić information content (AvgIpc) is 3.16. The zero-order valence-electron chi connectivity index (χ0n) is 17.8. The van der Waals surface area contributed by atoms with Crippen molar-refractivity contribution < 1.29 is 26.3 Å². The fourth-order valence-electron chi connectivity index (χ4n) is 3.00. The molecule has 0 aliphatic heterocycles. The highest BCUT2D eigenvalue weighted by atomic mass is 32.2. The Morgan fingerprint density at radius 1 is 1.03 bits per heavy atom. The minimum absolute atomic E-state index is 0.216. The summed E-state index contributed by atoms with van der Waals surface area (Å²) < 4.78 is 57.3. The van der Waals surface area contributed by atoms with Crippen molar-refractivity contribution in [1.29, 1.82) is 0 Å². The number of hydrogen-bond donors (Lipinski definition) is 0. The Balaban J connectivity index is 1.70. The molecule has 3 heterocycles. The Bertz CT molecular complexity index is 1230. The van der Waals surface area contributed by atoms with Gasteiger partial charge >= 0.3 is 0 Å². The number of ether oxygens (including phenoxy) is 1. The highest BCUT2D eigenvalue weighted by Crippen LogP contribution is 2.34. The third kappa shape index (κ3) is 5.58. The van der Waals surface area contributed by atoms with Gasteiger partial charge in [0.2, 0.25) is 18.2 Å². The van der Waals surface area contributed by atoms with Crippen LogP contribution in [0.1, 0.15) is 13.8 Å². The molecule has 1 aromatic carbocycles. The molecule has 0 radical (unpaired) electrons. The molecule has 0 unspecified atom stereocenters. The highest BCUT2D eigenvalue weighted by Gasteiger charge is 2.22. The van der Waals surface area contributed by atoms with Crippen LogP contribution in [-0.4, -0.2) is 33.5 Å². The molecule has 0 saturated carbocycles. The monoisotopic (exact) mass is 475 g/mol. The Morgan fingerprint density at radius 3 is 2.45 bits per heavy atom. The van der Waals surface area contributed by atoms with Crippen LogP contribution in [-0.2, 0) is 4.18 Å². The van der Waals surface area contributed by atoms with Gasteiger partial charge in [-0.2, -0.15) is 0 Å². The van der Waals surface area contributed by atoms with E-state index in [-0.39, 0.29) is 11.6 Å². The SMILES string of the molecule is CCOSOc1c(-c2ccc(OCC(C)(F)F)cn2)nc2ccc(-c3ccc(F)cc3)cn12. The molecular formula is C23H20F3N3O3S. The van der Waals surface area contributed by atoms with Gasteiger partial charge in [-0.25, -0.2) is 18.2 Å². The van der Waals surface area contributed by atoms with Crippen LogP contribution in [0.2, 0.25) is 0 Å². The molecule has 6 nitrogen and oxygen atoms in total. The fraction of sp³-hybridized carbons (Fsp3) is 0.217. The van der Waals surface area contributed by atoms with Crippen LogP contribution in [0.5, 0.6) is 11.6 Å². The lowest BCUT2D eigenvalue weighted by Gasteiger charge is -2.11. The van der Waals surface area contributed by atoms with E-state index in [4.69, 9.17) is 13.1 Å². The molecule has 0 saturated heterocycles. The van der Waals surface area contributed by atoms with Gasteiger partial charge in [-0.15, -0.1) is 0 Å². The van der Waals surface area contributed by atoms with E-state index in [2.05, 4.69) is 9.97 Å². The van der Waals surface area contributed by atoms with Crippen molar-refractivity contribution in [3.63, 3.8) is 0 Å². The minimum atomic E-state index is -2.94. The summed E-state index contributed by atoms with van der Waals surface area (Å²) in [6, 6.07) is 13.0. The summed E-state index contributed by atoms with van der Waals surface area (Å²) in [5, 5.41) is 0. The van der Waals surface area contributed by atoms with E-state index in [1.165, 1.54) is 18.3 Å². The van der Waals surface area contributed by atoms with E-state index in [0.29, 0.717) is 29.5 Å². The van der Waals surface area contributed by atoms with Crippen molar-refractivity contribution in [3.05, 3.63) is 66.7 Å². The van der Waals surface area contributed by atoms with E-state index >= 15 is 0 Å². The standard InChI is InChI=1S/C23H20F3N3O3S/c1-3-31-33-32-22-21(19-10-9-18(12-27-19)30-14-23(2,25)26)28-20-11-6-16(13-29(20)22)15-4-7-17(24)8-5-15/h4-13H,3,14H2,1-2H3. The predicted octanol–water partition coefficient (Wildman–Crippen LogP) is 6.21. The predicted molar refractivity (Wildman–Crippen MR) is 120 cm³/mol. The van der Waals surface area contributed by atoms with Gasteiger partial charge in [0.15, 0.2) is 12.3 Å². The zero-order chi connectivity index (χ0) is 23.4. The van der Waals surface area contributed by atoms with Crippen molar-refractivity contribution in [1.82, 2.24) is 14.4 Å². The van der Waals surface area contributed by atoms with E-state index in [0.717, 1.165) is 30.4 Å². The lowest BCUT2D eigenvalue weighted by molar-refractivity contribution is -0.0230. The Kier molecular flexibility index (Phi) is 6.75. The first-order valence-corrected chi connectivity index (χ1v) is 10.7. The number of hydrogen-bond acceptors (Lipinski definition) is 6. The zero-order valence-corrected chi connectivity index (χ0v) is 18.6. The smallest absolute Gasteiger partial charge is 0.278 e. The summed E-state index contributed by atoms with van der Waals surface area (Å²) in [7, 11) is 0.